The van der Waals surface area contributed by atoms with Crippen molar-refractivity contribution in [3.63, 3.8) is 0 Å². The Morgan fingerprint density at radius 3 is 2.90 bits per heavy atom. The molecule has 156 valence electrons. The highest BCUT2D eigenvalue weighted by Gasteiger charge is 2.21. The van der Waals surface area contributed by atoms with Crippen LogP contribution in [0, 0.1) is 12.7 Å². The number of halogens is 1. The number of nitrogens with one attached hydrogen (secondary N) is 1. The van der Waals surface area contributed by atoms with E-state index in [0.717, 1.165) is 11.3 Å². The zero-order valence-corrected chi connectivity index (χ0v) is 17.2. The summed E-state index contributed by atoms with van der Waals surface area (Å²) in [5.41, 5.74) is 1.49. The zero-order valence-electron chi connectivity index (χ0n) is 16.3. The minimum atomic E-state index is -0.367. The highest BCUT2D eigenvalue weighted by Crippen LogP contribution is 2.35. The van der Waals surface area contributed by atoms with Crippen LogP contribution >= 0.6 is 11.3 Å². The zero-order chi connectivity index (χ0) is 21.5. The Morgan fingerprint density at radius 1 is 1.23 bits per heavy atom. The lowest BCUT2D eigenvalue weighted by Gasteiger charge is -2.06. The summed E-state index contributed by atoms with van der Waals surface area (Å²) in [7, 11) is 0. The third kappa shape index (κ3) is 3.53. The van der Waals surface area contributed by atoms with E-state index in [2.05, 4.69) is 10.3 Å². The van der Waals surface area contributed by atoms with Gasteiger partial charge in [0.05, 0.1) is 23.1 Å². The molecule has 7 nitrogen and oxygen atoms in total. The molecule has 3 heterocycles. The lowest BCUT2D eigenvalue weighted by molar-refractivity contribution is 0.103. The predicted octanol–water partition coefficient (Wildman–Crippen LogP) is 3.93. The number of thiophene rings is 1. The van der Waals surface area contributed by atoms with Gasteiger partial charge in [0.1, 0.15) is 10.6 Å². The van der Waals surface area contributed by atoms with Crippen molar-refractivity contribution in [1.82, 2.24) is 9.55 Å². The molecule has 1 amide bonds. The quantitative estimate of drug-likeness (QED) is 0.523. The Balaban J connectivity index is 1.46. The van der Waals surface area contributed by atoms with Crippen molar-refractivity contribution in [1.29, 1.82) is 0 Å². The van der Waals surface area contributed by atoms with E-state index < -0.39 is 0 Å². The molecular weight excluding hydrogens is 421 g/mol. The monoisotopic (exact) mass is 437 g/mol. The minimum Gasteiger partial charge on any atom is -0.454 e. The first kappa shape index (κ1) is 19.3. The highest BCUT2D eigenvalue weighted by molar-refractivity contribution is 7.20. The number of aromatic nitrogens is 2. The molecule has 0 atom stereocenters. The van der Waals surface area contributed by atoms with Gasteiger partial charge < -0.3 is 14.8 Å². The van der Waals surface area contributed by atoms with E-state index in [4.69, 9.17) is 9.47 Å². The van der Waals surface area contributed by atoms with Crippen molar-refractivity contribution in [3.8, 4) is 11.5 Å². The van der Waals surface area contributed by atoms with Crippen LogP contribution in [0.3, 0.4) is 0 Å². The fourth-order valence-electron chi connectivity index (χ4n) is 3.48. The van der Waals surface area contributed by atoms with E-state index in [-0.39, 0.29) is 30.6 Å². The van der Waals surface area contributed by atoms with Crippen LogP contribution in [-0.2, 0) is 6.54 Å². The molecule has 1 aliphatic rings. The van der Waals surface area contributed by atoms with Crippen LogP contribution in [0.1, 0.15) is 20.8 Å². The Hall–Kier alpha value is -3.72. The predicted molar refractivity (Wildman–Crippen MR) is 115 cm³/mol. The van der Waals surface area contributed by atoms with E-state index in [0.29, 0.717) is 43.4 Å². The summed E-state index contributed by atoms with van der Waals surface area (Å²) in [4.78, 5) is 31.1. The topological polar surface area (TPSA) is 82.4 Å². The van der Waals surface area contributed by atoms with Crippen molar-refractivity contribution >= 4 is 33.1 Å². The second-order valence-electron chi connectivity index (χ2n) is 7.07. The van der Waals surface area contributed by atoms with Crippen molar-refractivity contribution in [3.05, 3.63) is 81.0 Å². The molecule has 0 fully saturated rings. The molecule has 1 N–H and O–H groups in total. The molecule has 2 aromatic heterocycles. The van der Waals surface area contributed by atoms with Crippen LogP contribution in [0.4, 0.5) is 10.1 Å². The molecule has 0 aliphatic carbocycles. The minimum absolute atomic E-state index is 0.149. The summed E-state index contributed by atoms with van der Waals surface area (Å²) in [6.45, 7) is 2.06. The average molecular weight is 437 g/mol. The number of ether oxygens (including phenoxy) is 2. The second kappa shape index (κ2) is 7.51. The van der Waals surface area contributed by atoms with Gasteiger partial charge in [-0.05, 0) is 42.3 Å². The van der Waals surface area contributed by atoms with Crippen molar-refractivity contribution in [2.24, 2.45) is 0 Å². The number of carbonyl (C=O) groups is 1. The lowest BCUT2D eigenvalue weighted by atomic mass is 10.2. The molecular formula is C22H16FN3O4S. The lowest BCUT2D eigenvalue weighted by Crippen LogP contribution is -2.21. The number of anilines is 1. The molecule has 0 spiro atoms. The van der Waals surface area contributed by atoms with E-state index in [9.17, 15) is 14.0 Å². The summed E-state index contributed by atoms with van der Waals surface area (Å²) in [6, 6.07) is 11.2. The molecule has 1 aliphatic heterocycles. The van der Waals surface area contributed by atoms with Crippen molar-refractivity contribution < 1.29 is 18.7 Å². The number of carbonyl (C=O) groups excluding carboxylic acids is 1. The molecule has 0 bridgehead atoms. The Labute approximate surface area is 179 Å². The molecule has 4 aromatic rings. The van der Waals surface area contributed by atoms with Crippen LogP contribution in [0.2, 0.25) is 0 Å². The van der Waals surface area contributed by atoms with E-state index in [1.807, 2.05) is 0 Å². The van der Waals surface area contributed by atoms with Crippen LogP contribution in [0.25, 0.3) is 10.2 Å². The number of hydrogen-bond acceptors (Lipinski definition) is 6. The fraction of sp³-hybridized carbons (Fsp3) is 0.136. The van der Waals surface area contributed by atoms with Crippen molar-refractivity contribution in [2.75, 3.05) is 12.1 Å². The van der Waals surface area contributed by atoms with E-state index in [1.54, 1.807) is 37.3 Å². The maximum atomic E-state index is 13.5. The maximum absolute atomic E-state index is 13.5. The Bertz CT molecular complexity index is 1400. The number of hydrogen-bond donors (Lipinski definition) is 1. The van der Waals surface area contributed by atoms with E-state index >= 15 is 0 Å². The third-order valence-corrected chi connectivity index (χ3v) is 6.19. The summed E-state index contributed by atoms with van der Waals surface area (Å²) in [6.07, 6.45) is 1.42. The number of amides is 1. The van der Waals surface area contributed by atoms with Crippen LogP contribution < -0.4 is 20.3 Å². The first-order valence-corrected chi connectivity index (χ1v) is 10.3. The van der Waals surface area contributed by atoms with Crippen molar-refractivity contribution in [2.45, 2.75) is 13.5 Å². The third-order valence-electron chi connectivity index (χ3n) is 5.00. The molecule has 0 saturated carbocycles. The summed E-state index contributed by atoms with van der Waals surface area (Å²) in [5, 5.41) is 3.22. The first-order chi connectivity index (χ1) is 15.0. The van der Waals surface area contributed by atoms with Crippen LogP contribution in [0.15, 0.2) is 53.6 Å². The molecule has 9 heteroatoms. The molecule has 2 aromatic carbocycles. The van der Waals surface area contributed by atoms with Gasteiger partial charge in [-0.2, -0.15) is 0 Å². The number of aryl methyl sites for hydroxylation is 1. The number of rotatable bonds is 4. The smallest absolute Gasteiger partial charge is 0.266 e. The highest BCUT2D eigenvalue weighted by atomic mass is 32.1. The summed E-state index contributed by atoms with van der Waals surface area (Å²) in [5.74, 6) is 0.482. The molecule has 0 unspecified atom stereocenters. The molecule has 0 saturated heterocycles. The number of fused-ring (bicyclic) bond motifs is 2. The van der Waals surface area contributed by atoms with Gasteiger partial charge in [-0.25, -0.2) is 9.37 Å². The normalized spacial score (nSPS) is 12.3. The van der Waals surface area contributed by atoms with Gasteiger partial charge in [0.15, 0.2) is 11.5 Å². The molecule has 31 heavy (non-hydrogen) atoms. The van der Waals surface area contributed by atoms with Gasteiger partial charge in [0, 0.05) is 11.8 Å². The summed E-state index contributed by atoms with van der Waals surface area (Å²) < 4.78 is 25.5. The van der Waals surface area contributed by atoms with Gasteiger partial charge in [-0.15, -0.1) is 11.3 Å². The van der Waals surface area contributed by atoms with E-state index in [1.165, 1.54) is 23.0 Å². The van der Waals surface area contributed by atoms with Gasteiger partial charge >= 0.3 is 0 Å². The molecule has 5 rings (SSSR count). The van der Waals surface area contributed by atoms with Crippen LogP contribution in [-0.4, -0.2) is 22.3 Å². The second-order valence-corrected chi connectivity index (χ2v) is 8.07. The number of nitrogens with zero attached hydrogens (tertiary/aromatic N) is 2. The standard InChI is InChI=1S/C22H16FN3O4S/c1-12-18-21(24-10-26(22(18)28)9-13-3-2-4-14(23)7-13)31-19(12)20(27)25-15-5-6-16-17(8-15)30-11-29-16/h2-8,10H,9,11H2,1H3,(H,25,27). The van der Waals surface area contributed by atoms with Crippen LogP contribution in [0.5, 0.6) is 11.5 Å². The van der Waals surface area contributed by atoms with Gasteiger partial charge in [0.25, 0.3) is 11.5 Å². The maximum Gasteiger partial charge on any atom is 0.266 e. The Kier molecular flexibility index (Phi) is 4.67. The average Bonchev–Trinajstić information content (AvgIpc) is 3.34. The van der Waals surface area contributed by atoms with Gasteiger partial charge in [0.2, 0.25) is 6.79 Å². The largest absolute Gasteiger partial charge is 0.454 e. The fourth-order valence-corrected chi connectivity index (χ4v) is 4.52. The van der Waals surface area contributed by atoms with Gasteiger partial charge in [-0.3, -0.25) is 14.2 Å². The first-order valence-electron chi connectivity index (χ1n) is 9.43. The SMILES string of the molecule is Cc1c(C(=O)Nc2ccc3c(c2)OCO3)sc2ncn(Cc3cccc(F)c3)c(=O)c12. The molecule has 0 radical (unpaired) electrons. The number of benzene rings is 2. The van der Waals surface area contributed by atoms with Gasteiger partial charge in [-0.1, -0.05) is 12.1 Å². The summed E-state index contributed by atoms with van der Waals surface area (Å²) >= 11 is 1.16. The Morgan fingerprint density at radius 2 is 2.06 bits per heavy atom.